The number of rotatable bonds is 12. The molecular weight excluding hydrogens is 364 g/mol. The molecule has 2 aliphatic heterocycles. The van der Waals surface area contributed by atoms with Crippen molar-refractivity contribution >= 4 is 16.8 Å². The van der Waals surface area contributed by atoms with Crippen molar-refractivity contribution < 1.29 is 23.2 Å². The number of hydrogen-bond acceptors (Lipinski definition) is 5. The normalized spacial score (nSPS) is 23.0. The van der Waals surface area contributed by atoms with Gasteiger partial charge in [0.25, 0.3) is 0 Å². The Morgan fingerprint density at radius 2 is 1.44 bits per heavy atom. The van der Waals surface area contributed by atoms with E-state index < -0.39 is 10.8 Å². The molecule has 6 heteroatoms. The number of unbranched alkanes of at least 4 members (excludes halogenated alkanes) is 2. The van der Waals surface area contributed by atoms with Crippen LogP contribution in [0.15, 0.2) is 0 Å². The summed E-state index contributed by atoms with van der Waals surface area (Å²) in [5.41, 5.74) is 0.200. The van der Waals surface area contributed by atoms with Gasteiger partial charge in [0.05, 0.1) is 19.1 Å². The van der Waals surface area contributed by atoms with Gasteiger partial charge in [-0.2, -0.15) is 0 Å². The van der Waals surface area contributed by atoms with E-state index in [-0.39, 0.29) is 22.7 Å². The molecule has 158 valence electrons. The Hall–Kier alpha value is -0.460. The minimum Gasteiger partial charge on any atom is -0.464 e. The Kier molecular flexibility index (Phi) is 8.75. The first-order valence-corrected chi connectivity index (χ1v) is 11.9. The first-order valence-electron chi connectivity index (χ1n) is 10.4. The number of carbonyl (C=O) groups excluding carboxylic acids is 1. The van der Waals surface area contributed by atoms with Crippen LogP contribution in [-0.4, -0.2) is 48.3 Å². The summed E-state index contributed by atoms with van der Waals surface area (Å²) in [6, 6.07) is 0. The predicted octanol–water partition coefficient (Wildman–Crippen LogP) is 3.92. The van der Waals surface area contributed by atoms with E-state index in [1.807, 2.05) is 0 Å². The molecule has 0 radical (unpaired) electrons. The Morgan fingerprint density at radius 1 is 0.889 bits per heavy atom. The molecular formula is C21H38O5S. The number of hydrogen-bond donors (Lipinski definition) is 0. The average Bonchev–Trinajstić information content (AvgIpc) is 2.61. The number of cyclic esters (lactones) is 1. The van der Waals surface area contributed by atoms with E-state index in [4.69, 9.17) is 14.2 Å². The Bertz CT molecular complexity index is 497. The van der Waals surface area contributed by atoms with Crippen molar-refractivity contribution in [3.8, 4) is 0 Å². The highest BCUT2D eigenvalue weighted by Gasteiger charge is 2.42. The van der Waals surface area contributed by atoms with Gasteiger partial charge in [-0.25, -0.2) is 0 Å². The average molecular weight is 403 g/mol. The summed E-state index contributed by atoms with van der Waals surface area (Å²) >= 11 is 0. The second-order valence-corrected chi connectivity index (χ2v) is 11.2. The lowest BCUT2D eigenvalue weighted by Crippen LogP contribution is -2.44. The molecule has 2 saturated heterocycles. The fourth-order valence-electron chi connectivity index (χ4n) is 3.89. The highest BCUT2D eigenvalue weighted by atomic mass is 32.2. The molecule has 0 aromatic heterocycles. The van der Waals surface area contributed by atoms with Crippen LogP contribution in [0.4, 0.5) is 0 Å². The molecule has 0 spiro atoms. The van der Waals surface area contributed by atoms with Crippen LogP contribution in [0.3, 0.4) is 0 Å². The lowest BCUT2D eigenvalue weighted by molar-refractivity contribution is -0.178. The SMILES string of the molecule is CC(C)(CCCCS(=O)CCCCC(C)(C)C1COC1=O)C1COCOC1. The Morgan fingerprint density at radius 3 is 1.93 bits per heavy atom. The van der Waals surface area contributed by atoms with Crippen LogP contribution in [-0.2, 0) is 29.8 Å². The van der Waals surface area contributed by atoms with Gasteiger partial charge >= 0.3 is 5.97 Å². The van der Waals surface area contributed by atoms with Gasteiger partial charge in [-0.1, -0.05) is 40.5 Å². The van der Waals surface area contributed by atoms with Crippen LogP contribution in [0.5, 0.6) is 0 Å². The topological polar surface area (TPSA) is 61.8 Å². The summed E-state index contributed by atoms with van der Waals surface area (Å²) in [4.78, 5) is 11.5. The molecule has 2 unspecified atom stereocenters. The van der Waals surface area contributed by atoms with Crippen molar-refractivity contribution in [3.63, 3.8) is 0 Å². The minimum atomic E-state index is -0.728. The zero-order valence-corrected chi connectivity index (χ0v) is 18.4. The molecule has 2 aliphatic rings. The molecule has 0 amide bonds. The molecule has 0 aliphatic carbocycles. The lowest BCUT2D eigenvalue weighted by atomic mass is 9.74. The van der Waals surface area contributed by atoms with Gasteiger partial charge in [0.15, 0.2) is 0 Å². The number of carbonyl (C=O) groups is 1. The van der Waals surface area contributed by atoms with Crippen LogP contribution in [0, 0.1) is 22.7 Å². The quantitative estimate of drug-likeness (QED) is 0.366. The highest BCUT2D eigenvalue weighted by molar-refractivity contribution is 7.84. The van der Waals surface area contributed by atoms with Crippen LogP contribution in [0.1, 0.15) is 66.2 Å². The third kappa shape index (κ3) is 7.13. The van der Waals surface area contributed by atoms with E-state index in [0.29, 0.717) is 19.3 Å². The lowest BCUT2D eigenvalue weighted by Gasteiger charge is -2.38. The molecule has 2 rings (SSSR count). The molecule has 27 heavy (non-hydrogen) atoms. The van der Waals surface area contributed by atoms with Crippen LogP contribution < -0.4 is 0 Å². The fraction of sp³-hybridized carbons (Fsp3) is 0.952. The third-order valence-electron chi connectivity index (χ3n) is 6.42. The predicted molar refractivity (Wildman–Crippen MR) is 108 cm³/mol. The van der Waals surface area contributed by atoms with Crippen LogP contribution in [0.25, 0.3) is 0 Å². The first kappa shape index (κ1) is 22.8. The maximum absolute atomic E-state index is 12.2. The second-order valence-electron chi connectivity index (χ2n) is 9.48. The standard InChI is InChI=1S/C21H38O5S/c1-20(2,17-13-24-16-25-14-17)9-5-7-11-27(23)12-8-6-10-21(3,4)18-15-26-19(18)22/h17-18H,5-16H2,1-4H3. The van der Waals surface area contributed by atoms with Gasteiger partial charge in [-0.05, 0) is 36.5 Å². The molecule has 2 atom stereocenters. The van der Waals surface area contributed by atoms with Crippen LogP contribution >= 0.6 is 0 Å². The van der Waals surface area contributed by atoms with Gasteiger partial charge in [0.1, 0.15) is 13.4 Å². The Labute approximate surface area is 167 Å². The Balaban J connectivity index is 1.52. The first-order chi connectivity index (χ1) is 12.7. The molecule has 5 nitrogen and oxygen atoms in total. The highest BCUT2D eigenvalue weighted by Crippen LogP contribution is 2.38. The largest absolute Gasteiger partial charge is 0.464 e. The van der Waals surface area contributed by atoms with E-state index in [0.717, 1.165) is 63.2 Å². The molecule has 0 bridgehead atoms. The second kappa shape index (κ2) is 10.4. The van der Waals surface area contributed by atoms with Crippen molar-refractivity contribution in [2.75, 3.05) is 38.1 Å². The molecule has 0 N–H and O–H groups in total. The summed E-state index contributed by atoms with van der Waals surface area (Å²) in [6.07, 6.45) is 6.23. The van der Waals surface area contributed by atoms with E-state index in [1.54, 1.807) is 0 Å². The maximum Gasteiger partial charge on any atom is 0.312 e. The smallest absolute Gasteiger partial charge is 0.312 e. The third-order valence-corrected chi connectivity index (χ3v) is 7.90. The van der Waals surface area contributed by atoms with Crippen molar-refractivity contribution in [1.29, 1.82) is 0 Å². The zero-order chi connectivity index (χ0) is 19.9. The summed E-state index contributed by atoms with van der Waals surface area (Å²) in [6.45, 7) is 11.4. The van der Waals surface area contributed by atoms with Crippen molar-refractivity contribution in [3.05, 3.63) is 0 Å². The van der Waals surface area contributed by atoms with Gasteiger partial charge in [0.2, 0.25) is 0 Å². The summed E-state index contributed by atoms with van der Waals surface area (Å²) in [5.74, 6) is 2.02. The number of ether oxygens (including phenoxy) is 3. The monoisotopic (exact) mass is 402 g/mol. The van der Waals surface area contributed by atoms with E-state index in [1.165, 1.54) is 0 Å². The van der Waals surface area contributed by atoms with Crippen LogP contribution in [0.2, 0.25) is 0 Å². The zero-order valence-electron chi connectivity index (χ0n) is 17.6. The summed E-state index contributed by atoms with van der Waals surface area (Å²) in [7, 11) is -0.728. The van der Waals surface area contributed by atoms with Crippen molar-refractivity contribution in [2.45, 2.75) is 66.2 Å². The molecule has 0 aromatic carbocycles. The molecule has 0 saturated carbocycles. The van der Waals surface area contributed by atoms with Crippen molar-refractivity contribution in [1.82, 2.24) is 0 Å². The van der Waals surface area contributed by atoms with E-state index in [2.05, 4.69) is 27.7 Å². The van der Waals surface area contributed by atoms with Crippen molar-refractivity contribution in [2.24, 2.45) is 22.7 Å². The van der Waals surface area contributed by atoms with Gasteiger partial charge < -0.3 is 14.2 Å². The minimum absolute atomic E-state index is 0.00500. The summed E-state index contributed by atoms with van der Waals surface area (Å²) < 4.78 is 28.0. The molecule has 2 heterocycles. The van der Waals surface area contributed by atoms with Gasteiger partial charge in [-0.3, -0.25) is 9.00 Å². The van der Waals surface area contributed by atoms with Gasteiger partial charge in [-0.15, -0.1) is 0 Å². The molecule has 0 aromatic rings. The summed E-state index contributed by atoms with van der Waals surface area (Å²) in [5, 5.41) is 0. The number of esters is 1. The van der Waals surface area contributed by atoms with Gasteiger partial charge in [0, 0.05) is 28.2 Å². The van der Waals surface area contributed by atoms with E-state index >= 15 is 0 Å². The molecule has 2 fully saturated rings. The fourth-order valence-corrected chi connectivity index (χ4v) is 5.14. The maximum atomic E-state index is 12.2. The van der Waals surface area contributed by atoms with E-state index in [9.17, 15) is 9.00 Å².